The van der Waals surface area contributed by atoms with Crippen molar-refractivity contribution in [1.29, 1.82) is 0 Å². The van der Waals surface area contributed by atoms with Crippen LogP contribution in [0.4, 0.5) is 0 Å². The Balaban J connectivity index is 2.15. The van der Waals surface area contributed by atoms with Gasteiger partial charge in [0.2, 0.25) is 11.8 Å². The van der Waals surface area contributed by atoms with E-state index in [1.54, 1.807) is 0 Å². The number of carbonyl (C=O) groups is 2. The van der Waals surface area contributed by atoms with Gasteiger partial charge in [-0.05, 0) is 12.0 Å². The second kappa shape index (κ2) is 5.67. The van der Waals surface area contributed by atoms with Gasteiger partial charge in [0.25, 0.3) is 0 Å². The van der Waals surface area contributed by atoms with Crippen LogP contribution in [-0.4, -0.2) is 24.9 Å². The zero-order valence-electron chi connectivity index (χ0n) is 10.5. The largest absolute Gasteiger partial charge is 0.355 e. The lowest BCUT2D eigenvalue weighted by molar-refractivity contribution is -0.133. The van der Waals surface area contributed by atoms with Crippen LogP contribution in [-0.2, 0) is 9.59 Å². The maximum Gasteiger partial charge on any atom is 0.233 e. The van der Waals surface area contributed by atoms with Crippen LogP contribution in [0.15, 0.2) is 30.3 Å². The molecular weight excluding hydrogens is 228 g/mol. The summed E-state index contributed by atoms with van der Waals surface area (Å²) in [6.07, 6.45) is 0.871. The Morgan fingerprint density at radius 1 is 1.39 bits per heavy atom. The molecule has 1 aromatic rings. The van der Waals surface area contributed by atoms with E-state index in [4.69, 9.17) is 0 Å². The number of rotatable bonds is 4. The van der Waals surface area contributed by atoms with Gasteiger partial charge < -0.3 is 10.6 Å². The van der Waals surface area contributed by atoms with Crippen molar-refractivity contribution in [2.24, 2.45) is 5.92 Å². The molecule has 1 aromatic carbocycles. The fraction of sp³-hybridized carbons (Fsp3) is 0.429. The lowest BCUT2D eigenvalue weighted by atomic mass is 9.88. The van der Waals surface area contributed by atoms with Gasteiger partial charge in [-0.2, -0.15) is 0 Å². The molecule has 0 spiro atoms. The number of hydrogen-bond donors (Lipinski definition) is 2. The Bertz CT molecular complexity index is 431. The summed E-state index contributed by atoms with van der Waals surface area (Å²) in [5.41, 5.74) is 1.03. The van der Waals surface area contributed by atoms with Crippen LogP contribution in [0, 0.1) is 5.92 Å². The molecule has 2 unspecified atom stereocenters. The van der Waals surface area contributed by atoms with Crippen molar-refractivity contribution in [3.05, 3.63) is 35.9 Å². The second-order valence-corrected chi connectivity index (χ2v) is 4.53. The standard InChI is InChI=1S/C14H18N2O2/c1-2-8-15-13(17)12-11(9-16-14(12)18)10-6-4-3-5-7-10/h3-7,11-12H,2,8-9H2,1H3,(H,15,17)(H,16,18). The molecular formula is C14H18N2O2. The summed E-state index contributed by atoms with van der Waals surface area (Å²) in [5.74, 6) is -0.993. The summed E-state index contributed by atoms with van der Waals surface area (Å²) in [4.78, 5) is 23.8. The lowest BCUT2D eigenvalue weighted by Crippen LogP contribution is -2.37. The monoisotopic (exact) mass is 246 g/mol. The van der Waals surface area contributed by atoms with Gasteiger partial charge in [-0.15, -0.1) is 0 Å². The third-order valence-corrected chi connectivity index (χ3v) is 3.24. The topological polar surface area (TPSA) is 58.2 Å². The van der Waals surface area contributed by atoms with E-state index in [1.807, 2.05) is 37.3 Å². The molecule has 1 fully saturated rings. The molecule has 18 heavy (non-hydrogen) atoms. The van der Waals surface area contributed by atoms with Crippen LogP contribution in [0.3, 0.4) is 0 Å². The van der Waals surface area contributed by atoms with Crippen molar-refractivity contribution in [3.8, 4) is 0 Å². The lowest BCUT2D eigenvalue weighted by Gasteiger charge is -2.16. The van der Waals surface area contributed by atoms with Gasteiger partial charge in [0, 0.05) is 19.0 Å². The Morgan fingerprint density at radius 2 is 2.11 bits per heavy atom. The minimum Gasteiger partial charge on any atom is -0.355 e. The summed E-state index contributed by atoms with van der Waals surface area (Å²) < 4.78 is 0. The quantitative estimate of drug-likeness (QED) is 0.780. The van der Waals surface area contributed by atoms with E-state index < -0.39 is 5.92 Å². The molecule has 4 nitrogen and oxygen atoms in total. The average Bonchev–Trinajstić information content (AvgIpc) is 2.79. The first-order valence-electron chi connectivity index (χ1n) is 6.34. The Kier molecular flexibility index (Phi) is 3.97. The first kappa shape index (κ1) is 12.6. The molecule has 1 heterocycles. The Hall–Kier alpha value is -1.84. The third kappa shape index (κ3) is 2.53. The Morgan fingerprint density at radius 3 is 2.78 bits per heavy atom. The summed E-state index contributed by atoms with van der Waals surface area (Å²) in [6.45, 7) is 3.14. The van der Waals surface area contributed by atoms with Gasteiger partial charge in [0.1, 0.15) is 5.92 Å². The summed E-state index contributed by atoms with van der Waals surface area (Å²) in [6, 6.07) is 9.72. The molecule has 2 amide bonds. The summed E-state index contributed by atoms with van der Waals surface area (Å²) in [7, 11) is 0. The number of carbonyl (C=O) groups excluding carboxylic acids is 2. The molecule has 2 N–H and O–H groups in total. The highest BCUT2D eigenvalue weighted by molar-refractivity contribution is 6.02. The van der Waals surface area contributed by atoms with Crippen LogP contribution < -0.4 is 10.6 Å². The van der Waals surface area contributed by atoms with Gasteiger partial charge >= 0.3 is 0 Å². The van der Waals surface area contributed by atoms with Crippen molar-refractivity contribution < 1.29 is 9.59 Å². The summed E-state index contributed by atoms with van der Waals surface area (Å²) in [5, 5.41) is 5.58. The van der Waals surface area contributed by atoms with Crippen molar-refractivity contribution in [2.75, 3.05) is 13.1 Å². The zero-order chi connectivity index (χ0) is 13.0. The highest BCUT2D eigenvalue weighted by atomic mass is 16.2. The molecule has 4 heteroatoms. The van der Waals surface area contributed by atoms with E-state index in [2.05, 4.69) is 10.6 Å². The van der Waals surface area contributed by atoms with E-state index in [0.29, 0.717) is 13.1 Å². The number of nitrogens with one attached hydrogen (secondary N) is 2. The van der Waals surface area contributed by atoms with Crippen LogP contribution in [0.25, 0.3) is 0 Å². The molecule has 2 rings (SSSR count). The van der Waals surface area contributed by atoms with Crippen LogP contribution in [0.2, 0.25) is 0 Å². The van der Waals surface area contributed by atoms with Crippen LogP contribution in [0.5, 0.6) is 0 Å². The van der Waals surface area contributed by atoms with Crippen molar-refractivity contribution in [2.45, 2.75) is 19.3 Å². The normalized spacial score (nSPS) is 22.6. The first-order chi connectivity index (χ1) is 8.74. The smallest absolute Gasteiger partial charge is 0.233 e. The highest BCUT2D eigenvalue weighted by Crippen LogP contribution is 2.28. The van der Waals surface area contributed by atoms with Crippen molar-refractivity contribution >= 4 is 11.8 Å². The minimum absolute atomic E-state index is 0.0597. The molecule has 0 aliphatic carbocycles. The molecule has 2 atom stereocenters. The van der Waals surface area contributed by atoms with Crippen LogP contribution in [0.1, 0.15) is 24.8 Å². The number of benzene rings is 1. The second-order valence-electron chi connectivity index (χ2n) is 4.53. The molecule has 0 aromatic heterocycles. The Labute approximate surface area is 107 Å². The molecule has 96 valence electrons. The maximum absolute atomic E-state index is 12.0. The van der Waals surface area contributed by atoms with Gasteiger partial charge in [0.05, 0.1) is 0 Å². The van der Waals surface area contributed by atoms with Gasteiger partial charge in [-0.3, -0.25) is 9.59 Å². The predicted molar refractivity (Wildman–Crippen MR) is 69.0 cm³/mol. The number of hydrogen-bond acceptors (Lipinski definition) is 2. The van der Waals surface area contributed by atoms with Gasteiger partial charge in [-0.1, -0.05) is 37.3 Å². The van der Waals surface area contributed by atoms with E-state index in [0.717, 1.165) is 12.0 Å². The maximum atomic E-state index is 12.0. The fourth-order valence-electron chi connectivity index (χ4n) is 2.29. The van der Waals surface area contributed by atoms with E-state index >= 15 is 0 Å². The van der Waals surface area contributed by atoms with Crippen molar-refractivity contribution in [3.63, 3.8) is 0 Å². The molecule has 0 radical (unpaired) electrons. The minimum atomic E-state index is -0.598. The summed E-state index contributed by atoms with van der Waals surface area (Å²) >= 11 is 0. The SMILES string of the molecule is CCCNC(=O)C1C(=O)NCC1c1ccccc1. The van der Waals surface area contributed by atoms with E-state index in [1.165, 1.54) is 0 Å². The zero-order valence-corrected chi connectivity index (χ0v) is 10.5. The molecule has 0 bridgehead atoms. The predicted octanol–water partition coefficient (Wildman–Crippen LogP) is 1.04. The average molecular weight is 246 g/mol. The fourth-order valence-corrected chi connectivity index (χ4v) is 2.29. The first-order valence-corrected chi connectivity index (χ1v) is 6.34. The highest BCUT2D eigenvalue weighted by Gasteiger charge is 2.40. The third-order valence-electron chi connectivity index (χ3n) is 3.24. The van der Waals surface area contributed by atoms with E-state index in [-0.39, 0.29) is 17.7 Å². The molecule has 1 saturated heterocycles. The van der Waals surface area contributed by atoms with E-state index in [9.17, 15) is 9.59 Å². The van der Waals surface area contributed by atoms with Gasteiger partial charge in [0.15, 0.2) is 0 Å². The van der Waals surface area contributed by atoms with Crippen LogP contribution >= 0.6 is 0 Å². The molecule has 1 aliphatic rings. The molecule has 0 saturated carbocycles. The van der Waals surface area contributed by atoms with Gasteiger partial charge in [-0.25, -0.2) is 0 Å². The molecule has 1 aliphatic heterocycles. The number of amides is 2. The van der Waals surface area contributed by atoms with Crippen molar-refractivity contribution in [1.82, 2.24) is 10.6 Å².